The topological polar surface area (TPSA) is 0 Å². The van der Waals surface area contributed by atoms with Crippen molar-refractivity contribution in [3.63, 3.8) is 0 Å². The Morgan fingerprint density at radius 3 is 2.35 bits per heavy atom. The third kappa shape index (κ3) is 1.53. The van der Waals surface area contributed by atoms with Crippen molar-refractivity contribution >= 4 is 32.3 Å². The number of halogens is 1. The monoisotopic (exact) mass is 260 g/mol. The number of rotatable bonds is 0. The van der Waals surface area contributed by atoms with E-state index in [0.29, 0.717) is 0 Å². The van der Waals surface area contributed by atoms with Crippen molar-refractivity contribution < 1.29 is 4.39 Å². The van der Waals surface area contributed by atoms with Gasteiger partial charge in [0.2, 0.25) is 0 Å². The molecule has 20 heavy (non-hydrogen) atoms. The summed E-state index contributed by atoms with van der Waals surface area (Å²) >= 11 is 0. The maximum Gasteiger partial charge on any atom is 0.123 e. The van der Waals surface area contributed by atoms with Crippen molar-refractivity contribution in [2.45, 2.75) is 6.92 Å². The van der Waals surface area contributed by atoms with E-state index in [2.05, 4.69) is 43.3 Å². The van der Waals surface area contributed by atoms with Crippen LogP contribution in [0.2, 0.25) is 0 Å². The molecule has 0 bridgehead atoms. The summed E-state index contributed by atoms with van der Waals surface area (Å²) in [6, 6.07) is 19.7. The first kappa shape index (κ1) is 11.4. The van der Waals surface area contributed by atoms with Crippen molar-refractivity contribution in [2.75, 3.05) is 0 Å². The maximum absolute atomic E-state index is 13.6. The van der Waals surface area contributed by atoms with Gasteiger partial charge in [0.25, 0.3) is 0 Å². The van der Waals surface area contributed by atoms with Crippen LogP contribution in [0, 0.1) is 12.7 Å². The van der Waals surface area contributed by atoms with Gasteiger partial charge in [-0.2, -0.15) is 0 Å². The van der Waals surface area contributed by atoms with Crippen molar-refractivity contribution in [3.8, 4) is 0 Å². The first-order chi connectivity index (χ1) is 9.74. The number of hydrogen-bond donors (Lipinski definition) is 0. The molecule has 4 rings (SSSR count). The fraction of sp³-hybridized carbons (Fsp3) is 0.0526. The van der Waals surface area contributed by atoms with E-state index < -0.39 is 0 Å². The Morgan fingerprint density at radius 1 is 0.650 bits per heavy atom. The molecule has 0 aliphatic rings. The molecular formula is C19H13F. The van der Waals surface area contributed by atoms with Crippen LogP contribution in [0.5, 0.6) is 0 Å². The Balaban J connectivity index is 2.30. The van der Waals surface area contributed by atoms with Crippen LogP contribution >= 0.6 is 0 Å². The van der Waals surface area contributed by atoms with Crippen LogP contribution in [-0.4, -0.2) is 0 Å². The van der Waals surface area contributed by atoms with E-state index in [1.54, 1.807) is 6.07 Å². The number of fused-ring (bicyclic) bond motifs is 4. The van der Waals surface area contributed by atoms with E-state index in [9.17, 15) is 4.39 Å². The summed E-state index contributed by atoms with van der Waals surface area (Å²) in [5.74, 6) is -0.184. The van der Waals surface area contributed by atoms with Gasteiger partial charge in [-0.25, -0.2) is 4.39 Å². The van der Waals surface area contributed by atoms with Gasteiger partial charge < -0.3 is 0 Å². The molecule has 1 heteroatoms. The maximum atomic E-state index is 13.6. The molecule has 4 aromatic rings. The molecule has 0 nitrogen and oxygen atoms in total. The van der Waals surface area contributed by atoms with Crippen molar-refractivity contribution in [1.29, 1.82) is 0 Å². The molecular weight excluding hydrogens is 247 g/mol. The average Bonchev–Trinajstić information content (AvgIpc) is 2.47. The van der Waals surface area contributed by atoms with Crippen molar-refractivity contribution in [3.05, 3.63) is 72.0 Å². The van der Waals surface area contributed by atoms with Crippen molar-refractivity contribution in [2.24, 2.45) is 0 Å². The van der Waals surface area contributed by atoms with Crippen LogP contribution in [0.3, 0.4) is 0 Å². The second-order valence-corrected chi connectivity index (χ2v) is 5.25. The lowest BCUT2D eigenvalue weighted by atomic mass is 9.94. The standard InChI is InChI=1S/C19H13F/c1-12-16-5-3-2-4-14(16)10-19-17(12)9-7-13-6-8-15(20)11-18(13)19/h2-11H,1H3. The average molecular weight is 260 g/mol. The van der Waals surface area contributed by atoms with Gasteiger partial charge in [-0.3, -0.25) is 0 Å². The molecule has 0 saturated carbocycles. The summed E-state index contributed by atoms with van der Waals surface area (Å²) in [6.45, 7) is 2.13. The largest absolute Gasteiger partial charge is 0.207 e. The van der Waals surface area contributed by atoms with E-state index in [4.69, 9.17) is 0 Å². The third-order valence-corrected chi connectivity index (χ3v) is 4.09. The number of hydrogen-bond acceptors (Lipinski definition) is 0. The lowest BCUT2D eigenvalue weighted by molar-refractivity contribution is 0.630. The lowest BCUT2D eigenvalue weighted by Gasteiger charge is -2.10. The predicted octanol–water partition coefficient (Wildman–Crippen LogP) is 5.59. The summed E-state index contributed by atoms with van der Waals surface area (Å²) < 4.78 is 13.6. The van der Waals surface area contributed by atoms with Gasteiger partial charge in [0.1, 0.15) is 5.82 Å². The molecule has 0 aromatic heterocycles. The van der Waals surface area contributed by atoms with Gasteiger partial charge in [-0.1, -0.05) is 42.5 Å². The van der Waals surface area contributed by atoms with E-state index in [0.717, 1.165) is 16.2 Å². The Morgan fingerprint density at radius 2 is 1.45 bits per heavy atom. The van der Waals surface area contributed by atoms with Gasteiger partial charge in [-0.15, -0.1) is 0 Å². The molecule has 0 spiro atoms. The second-order valence-electron chi connectivity index (χ2n) is 5.25. The van der Waals surface area contributed by atoms with Gasteiger partial charge in [0.15, 0.2) is 0 Å². The Kier molecular flexibility index (Phi) is 2.31. The Labute approximate surface area is 116 Å². The summed E-state index contributed by atoms with van der Waals surface area (Å²) in [5.41, 5.74) is 1.25. The number of benzene rings is 4. The van der Waals surface area contributed by atoms with E-state index in [1.807, 2.05) is 12.1 Å². The Bertz CT molecular complexity index is 967. The first-order valence-electron chi connectivity index (χ1n) is 6.74. The first-order valence-corrected chi connectivity index (χ1v) is 6.74. The van der Waals surface area contributed by atoms with Crippen LogP contribution < -0.4 is 0 Å². The zero-order valence-corrected chi connectivity index (χ0v) is 11.2. The highest BCUT2D eigenvalue weighted by Crippen LogP contribution is 2.33. The van der Waals surface area contributed by atoms with Crippen LogP contribution in [0.1, 0.15) is 5.56 Å². The summed E-state index contributed by atoms with van der Waals surface area (Å²) in [6.07, 6.45) is 0. The Hall–Kier alpha value is -2.41. The van der Waals surface area contributed by atoms with E-state index in [-0.39, 0.29) is 5.82 Å². The van der Waals surface area contributed by atoms with Gasteiger partial charge >= 0.3 is 0 Å². The molecule has 0 amide bonds. The minimum atomic E-state index is -0.184. The molecule has 0 aliphatic carbocycles. The SMILES string of the molecule is Cc1c2ccccc2cc2c1ccc1ccc(F)cc12. The molecule has 0 unspecified atom stereocenters. The second kappa shape index (κ2) is 4.04. The molecule has 0 aliphatic heterocycles. The normalized spacial score (nSPS) is 11.5. The zero-order valence-electron chi connectivity index (χ0n) is 11.2. The fourth-order valence-corrected chi connectivity index (χ4v) is 3.06. The van der Waals surface area contributed by atoms with Crippen molar-refractivity contribution in [1.82, 2.24) is 0 Å². The highest BCUT2D eigenvalue weighted by molar-refractivity contribution is 6.13. The molecule has 0 atom stereocenters. The predicted molar refractivity (Wildman–Crippen MR) is 83.7 cm³/mol. The quantitative estimate of drug-likeness (QED) is 0.285. The number of aryl methyl sites for hydroxylation is 1. The summed E-state index contributed by atoms with van der Waals surface area (Å²) in [5, 5.41) is 6.84. The smallest absolute Gasteiger partial charge is 0.123 e. The van der Waals surface area contributed by atoms with Gasteiger partial charge in [0, 0.05) is 0 Å². The molecule has 0 N–H and O–H groups in total. The highest BCUT2D eigenvalue weighted by Gasteiger charge is 2.07. The molecule has 0 fully saturated rings. The summed E-state index contributed by atoms with van der Waals surface area (Å²) in [7, 11) is 0. The fourth-order valence-electron chi connectivity index (χ4n) is 3.06. The minimum absolute atomic E-state index is 0.184. The highest BCUT2D eigenvalue weighted by atomic mass is 19.1. The minimum Gasteiger partial charge on any atom is -0.207 e. The van der Waals surface area contributed by atoms with Gasteiger partial charge in [-0.05, 0) is 63.0 Å². The zero-order chi connectivity index (χ0) is 13.7. The van der Waals surface area contributed by atoms with Crippen LogP contribution in [-0.2, 0) is 0 Å². The summed E-state index contributed by atoms with van der Waals surface area (Å²) in [4.78, 5) is 0. The van der Waals surface area contributed by atoms with E-state index >= 15 is 0 Å². The molecule has 0 radical (unpaired) electrons. The van der Waals surface area contributed by atoms with E-state index in [1.165, 1.54) is 27.8 Å². The molecule has 0 saturated heterocycles. The van der Waals surface area contributed by atoms with Gasteiger partial charge in [0.05, 0.1) is 0 Å². The molecule has 4 aromatic carbocycles. The third-order valence-electron chi connectivity index (χ3n) is 4.09. The van der Waals surface area contributed by atoms with Crippen LogP contribution in [0.15, 0.2) is 60.7 Å². The van der Waals surface area contributed by atoms with Crippen LogP contribution in [0.4, 0.5) is 4.39 Å². The molecule has 96 valence electrons. The molecule has 0 heterocycles. The lowest BCUT2D eigenvalue weighted by Crippen LogP contribution is -1.85. The van der Waals surface area contributed by atoms with Crippen LogP contribution in [0.25, 0.3) is 32.3 Å².